The lowest BCUT2D eigenvalue weighted by Crippen LogP contribution is -2.18. The molecule has 3 heteroatoms. The number of ether oxygens (including phenoxy) is 2. The van der Waals surface area contributed by atoms with Crippen LogP contribution in [0, 0.1) is 0 Å². The number of hydrogen-bond donors (Lipinski definition) is 1. The highest BCUT2D eigenvalue weighted by atomic mass is 16.5. The number of anilines is 1. The summed E-state index contributed by atoms with van der Waals surface area (Å²) in [6, 6.07) is 8.08. The molecule has 0 bridgehead atoms. The Hall–Kier alpha value is -1.96. The summed E-state index contributed by atoms with van der Waals surface area (Å²) in [6.45, 7) is 2.11. The van der Waals surface area contributed by atoms with Crippen LogP contribution in [0.5, 0.6) is 5.75 Å². The monoisotopic (exact) mass is 257 g/mol. The SMILES string of the molecule is COc1ccc(NC(C)C2=C=CC(OC)C=C2)cc1. The lowest BCUT2D eigenvalue weighted by molar-refractivity contribution is 0.177. The highest BCUT2D eigenvalue weighted by molar-refractivity contribution is 5.49. The van der Waals surface area contributed by atoms with Gasteiger partial charge in [-0.1, -0.05) is 12.2 Å². The van der Waals surface area contributed by atoms with E-state index < -0.39 is 0 Å². The van der Waals surface area contributed by atoms with E-state index in [0.29, 0.717) is 0 Å². The largest absolute Gasteiger partial charge is 0.497 e. The first kappa shape index (κ1) is 13.5. The van der Waals surface area contributed by atoms with Gasteiger partial charge in [-0.2, -0.15) is 0 Å². The van der Waals surface area contributed by atoms with Crippen molar-refractivity contribution in [1.82, 2.24) is 0 Å². The Kier molecular flexibility index (Phi) is 4.45. The minimum atomic E-state index is 0.0388. The topological polar surface area (TPSA) is 30.5 Å². The van der Waals surface area contributed by atoms with Crippen molar-refractivity contribution in [2.75, 3.05) is 19.5 Å². The van der Waals surface area contributed by atoms with Crippen LogP contribution in [-0.2, 0) is 4.74 Å². The van der Waals surface area contributed by atoms with Gasteiger partial charge in [0, 0.05) is 18.4 Å². The summed E-state index contributed by atoms with van der Waals surface area (Å²) < 4.78 is 10.3. The zero-order valence-corrected chi connectivity index (χ0v) is 11.5. The van der Waals surface area contributed by atoms with E-state index in [1.54, 1.807) is 14.2 Å². The predicted molar refractivity (Wildman–Crippen MR) is 77.6 cm³/mol. The van der Waals surface area contributed by atoms with Crippen molar-refractivity contribution in [1.29, 1.82) is 0 Å². The van der Waals surface area contributed by atoms with Gasteiger partial charge in [-0.05, 0) is 37.3 Å². The molecule has 0 radical (unpaired) electrons. The average Bonchev–Trinajstić information content (AvgIpc) is 2.48. The van der Waals surface area contributed by atoms with Gasteiger partial charge < -0.3 is 14.8 Å². The Morgan fingerprint density at radius 3 is 2.47 bits per heavy atom. The van der Waals surface area contributed by atoms with Crippen molar-refractivity contribution in [3.8, 4) is 5.75 Å². The highest BCUT2D eigenvalue weighted by Gasteiger charge is 2.09. The van der Waals surface area contributed by atoms with Crippen molar-refractivity contribution in [2.24, 2.45) is 0 Å². The summed E-state index contributed by atoms with van der Waals surface area (Å²) in [5.74, 6) is 0.859. The van der Waals surface area contributed by atoms with Crippen LogP contribution in [0.4, 0.5) is 5.69 Å². The van der Waals surface area contributed by atoms with Gasteiger partial charge in [0.05, 0.1) is 13.2 Å². The molecule has 1 aliphatic rings. The Labute approximate surface area is 114 Å². The number of methoxy groups -OCH3 is 2. The number of rotatable bonds is 5. The summed E-state index contributed by atoms with van der Waals surface area (Å²) in [7, 11) is 3.36. The van der Waals surface area contributed by atoms with Crippen LogP contribution in [0.3, 0.4) is 0 Å². The average molecular weight is 257 g/mol. The normalized spacial score (nSPS) is 18.9. The molecule has 19 heavy (non-hydrogen) atoms. The third kappa shape index (κ3) is 3.50. The molecule has 0 aromatic heterocycles. The second-order valence-corrected chi connectivity index (χ2v) is 4.42. The molecule has 2 atom stereocenters. The Bertz CT molecular complexity index is 510. The first-order valence-corrected chi connectivity index (χ1v) is 6.31. The quantitative estimate of drug-likeness (QED) is 0.822. The number of hydrogen-bond acceptors (Lipinski definition) is 3. The fourth-order valence-electron chi connectivity index (χ4n) is 1.91. The predicted octanol–water partition coefficient (Wildman–Crippen LogP) is 3.16. The van der Waals surface area contributed by atoms with E-state index in [4.69, 9.17) is 9.47 Å². The van der Waals surface area contributed by atoms with Gasteiger partial charge in [0.25, 0.3) is 0 Å². The molecule has 2 unspecified atom stereocenters. The van der Waals surface area contributed by atoms with Gasteiger partial charge >= 0.3 is 0 Å². The highest BCUT2D eigenvalue weighted by Crippen LogP contribution is 2.18. The standard InChI is InChI=1S/C16H19NO2/c1-12(13-4-8-15(18-2)9-5-13)17-14-6-10-16(19-3)11-7-14/h4,6-12,15,17H,1-3H3. The Morgan fingerprint density at radius 2 is 1.95 bits per heavy atom. The van der Waals surface area contributed by atoms with Crippen LogP contribution in [-0.4, -0.2) is 26.4 Å². The van der Waals surface area contributed by atoms with Gasteiger partial charge in [0.1, 0.15) is 11.9 Å². The van der Waals surface area contributed by atoms with Crippen LogP contribution < -0.4 is 10.1 Å². The van der Waals surface area contributed by atoms with Crippen LogP contribution in [0.2, 0.25) is 0 Å². The summed E-state index contributed by atoms with van der Waals surface area (Å²) in [4.78, 5) is 0. The number of nitrogens with one attached hydrogen (secondary N) is 1. The van der Waals surface area contributed by atoms with E-state index in [9.17, 15) is 0 Å². The lowest BCUT2D eigenvalue weighted by Gasteiger charge is -2.17. The smallest absolute Gasteiger partial charge is 0.119 e. The van der Waals surface area contributed by atoms with Gasteiger partial charge in [0.15, 0.2) is 0 Å². The van der Waals surface area contributed by atoms with E-state index in [-0.39, 0.29) is 12.1 Å². The van der Waals surface area contributed by atoms with E-state index in [2.05, 4.69) is 24.0 Å². The molecule has 0 fully saturated rings. The maximum Gasteiger partial charge on any atom is 0.119 e. The molecule has 1 aromatic carbocycles. The van der Waals surface area contributed by atoms with E-state index >= 15 is 0 Å². The molecule has 1 aromatic rings. The maximum absolute atomic E-state index is 5.21. The van der Waals surface area contributed by atoms with E-state index in [1.807, 2.05) is 36.4 Å². The van der Waals surface area contributed by atoms with E-state index in [1.165, 1.54) is 0 Å². The molecule has 100 valence electrons. The summed E-state index contributed by atoms with van der Waals surface area (Å²) in [5, 5.41) is 3.43. The zero-order valence-electron chi connectivity index (χ0n) is 11.5. The van der Waals surface area contributed by atoms with Crippen LogP contribution >= 0.6 is 0 Å². The zero-order chi connectivity index (χ0) is 13.7. The molecule has 0 amide bonds. The summed E-state index contributed by atoms with van der Waals surface area (Å²) in [6.07, 6.45) is 6.05. The van der Waals surface area contributed by atoms with Crippen molar-refractivity contribution in [2.45, 2.75) is 19.1 Å². The van der Waals surface area contributed by atoms with Gasteiger partial charge in [-0.15, -0.1) is 5.73 Å². The van der Waals surface area contributed by atoms with Gasteiger partial charge in [0.2, 0.25) is 0 Å². The molecular weight excluding hydrogens is 238 g/mol. The molecule has 0 saturated heterocycles. The third-order valence-electron chi connectivity index (χ3n) is 3.09. The van der Waals surface area contributed by atoms with Crippen LogP contribution in [0.15, 0.2) is 53.8 Å². The fourth-order valence-corrected chi connectivity index (χ4v) is 1.91. The van der Waals surface area contributed by atoms with Crippen LogP contribution in [0.25, 0.3) is 0 Å². The molecule has 0 heterocycles. The second kappa shape index (κ2) is 6.28. The Morgan fingerprint density at radius 1 is 1.21 bits per heavy atom. The van der Waals surface area contributed by atoms with Crippen molar-refractivity contribution in [3.05, 3.63) is 53.8 Å². The molecule has 1 N–H and O–H groups in total. The molecule has 0 saturated carbocycles. The molecule has 1 aliphatic carbocycles. The minimum absolute atomic E-state index is 0.0388. The maximum atomic E-state index is 5.21. The van der Waals surface area contributed by atoms with Gasteiger partial charge in [-0.3, -0.25) is 0 Å². The molecule has 0 aliphatic heterocycles. The second-order valence-electron chi connectivity index (χ2n) is 4.42. The first-order chi connectivity index (χ1) is 9.22. The minimum Gasteiger partial charge on any atom is -0.497 e. The van der Waals surface area contributed by atoms with Crippen molar-refractivity contribution >= 4 is 5.69 Å². The molecule has 3 nitrogen and oxygen atoms in total. The Balaban J connectivity index is 2.03. The summed E-state index contributed by atoms with van der Waals surface area (Å²) >= 11 is 0. The third-order valence-corrected chi connectivity index (χ3v) is 3.09. The molecule has 0 spiro atoms. The summed E-state index contributed by atoms with van der Waals surface area (Å²) in [5.41, 5.74) is 5.43. The lowest BCUT2D eigenvalue weighted by atomic mass is 10.0. The molecular formula is C16H19NO2. The fraction of sp³-hybridized carbons (Fsp3) is 0.312. The van der Waals surface area contributed by atoms with E-state index in [0.717, 1.165) is 17.0 Å². The van der Waals surface area contributed by atoms with Crippen molar-refractivity contribution in [3.63, 3.8) is 0 Å². The number of benzene rings is 1. The first-order valence-electron chi connectivity index (χ1n) is 6.31. The van der Waals surface area contributed by atoms with Crippen molar-refractivity contribution < 1.29 is 9.47 Å². The van der Waals surface area contributed by atoms with Gasteiger partial charge in [-0.25, -0.2) is 0 Å². The van der Waals surface area contributed by atoms with Crippen LogP contribution in [0.1, 0.15) is 6.92 Å². The molecule has 2 rings (SSSR count).